The summed E-state index contributed by atoms with van der Waals surface area (Å²) in [6, 6.07) is 10.9. The zero-order valence-corrected chi connectivity index (χ0v) is 14.9. The average molecular weight is 384 g/mol. The number of nitrogens with one attached hydrogen (secondary N) is 1. The maximum Gasteiger partial charge on any atom is 0.310 e. The summed E-state index contributed by atoms with van der Waals surface area (Å²) in [4.78, 5) is 23.7. The first-order chi connectivity index (χ1) is 11.9. The van der Waals surface area contributed by atoms with E-state index in [4.69, 9.17) is 27.9 Å². The molecular weight excluding hydrogens is 368 g/mol. The van der Waals surface area contributed by atoms with Crippen molar-refractivity contribution >= 4 is 35.1 Å². The molecule has 0 aliphatic rings. The number of carbonyl (C=O) groups is 2. The third-order valence-electron chi connectivity index (χ3n) is 3.50. The van der Waals surface area contributed by atoms with Gasteiger partial charge in [-0.15, -0.1) is 0 Å². The molecule has 1 atom stereocenters. The molecule has 0 aliphatic carbocycles. The minimum atomic E-state index is -0.743. The van der Waals surface area contributed by atoms with Crippen LogP contribution in [0.3, 0.4) is 0 Å². The summed E-state index contributed by atoms with van der Waals surface area (Å²) in [6.45, 7) is 1.29. The molecule has 0 aliphatic heterocycles. The molecule has 1 amide bonds. The number of hydrogen-bond acceptors (Lipinski definition) is 3. The predicted octanol–water partition coefficient (Wildman–Crippen LogP) is 4.10. The minimum Gasteiger partial charge on any atom is -0.455 e. The molecule has 0 aromatic heterocycles. The summed E-state index contributed by atoms with van der Waals surface area (Å²) in [6.07, 6.45) is -0.348. The van der Waals surface area contributed by atoms with E-state index in [1.165, 1.54) is 18.2 Å². The molecule has 0 saturated heterocycles. The Balaban J connectivity index is 1.85. The molecule has 0 bridgehead atoms. The fraction of sp³-hybridized carbons (Fsp3) is 0.222. The van der Waals surface area contributed by atoms with E-state index in [-0.39, 0.29) is 23.0 Å². The van der Waals surface area contributed by atoms with Crippen LogP contribution >= 0.6 is 23.2 Å². The highest BCUT2D eigenvalue weighted by atomic mass is 35.5. The molecule has 7 heteroatoms. The van der Waals surface area contributed by atoms with Crippen molar-refractivity contribution in [2.24, 2.45) is 0 Å². The van der Waals surface area contributed by atoms with Gasteiger partial charge in [-0.1, -0.05) is 47.5 Å². The van der Waals surface area contributed by atoms with Crippen LogP contribution in [0.2, 0.25) is 10.0 Å². The lowest BCUT2D eigenvalue weighted by Gasteiger charge is -2.15. The highest BCUT2D eigenvalue weighted by Crippen LogP contribution is 2.22. The smallest absolute Gasteiger partial charge is 0.310 e. The van der Waals surface area contributed by atoms with E-state index >= 15 is 0 Å². The van der Waals surface area contributed by atoms with Crippen LogP contribution in [-0.2, 0) is 20.7 Å². The topological polar surface area (TPSA) is 55.4 Å². The summed E-state index contributed by atoms with van der Waals surface area (Å²) in [5.74, 6) is -1.82. The average Bonchev–Trinajstić information content (AvgIpc) is 2.57. The van der Waals surface area contributed by atoms with Crippen LogP contribution in [0, 0.1) is 5.82 Å². The predicted molar refractivity (Wildman–Crippen MR) is 94.1 cm³/mol. The van der Waals surface area contributed by atoms with Crippen molar-refractivity contribution in [1.82, 2.24) is 5.32 Å². The van der Waals surface area contributed by atoms with Gasteiger partial charge in [0.1, 0.15) is 5.82 Å². The lowest BCUT2D eigenvalue weighted by Crippen LogP contribution is -2.31. The van der Waals surface area contributed by atoms with Crippen molar-refractivity contribution in [2.45, 2.75) is 19.4 Å². The van der Waals surface area contributed by atoms with E-state index in [1.807, 2.05) is 6.07 Å². The second kappa shape index (κ2) is 8.83. The molecule has 2 aromatic carbocycles. The molecule has 0 unspecified atom stereocenters. The number of amides is 1. The summed E-state index contributed by atoms with van der Waals surface area (Å²) in [5, 5.41) is 3.34. The van der Waals surface area contributed by atoms with Gasteiger partial charge in [0.25, 0.3) is 5.91 Å². The van der Waals surface area contributed by atoms with Gasteiger partial charge in [0.05, 0.1) is 12.5 Å². The first kappa shape index (κ1) is 19.2. The second-order valence-corrected chi connectivity index (χ2v) is 6.16. The Kier molecular flexibility index (Phi) is 6.79. The van der Waals surface area contributed by atoms with Crippen molar-refractivity contribution in [3.05, 3.63) is 69.5 Å². The van der Waals surface area contributed by atoms with Gasteiger partial charge < -0.3 is 10.1 Å². The van der Waals surface area contributed by atoms with E-state index in [0.717, 1.165) is 5.56 Å². The number of carbonyl (C=O) groups excluding carboxylic acids is 2. The minimum absolute atomic E-state index is 0.0408. The van der Waals surface area contributed by atoms with Crippen LogP contribution in [0.5, 0.6) is 0 Å². The molecular formula is C18H16Cl2FNO3. The Morgan fingerprint density at radius 3 is 2.48 bits per heavy atom. The Morgan fingerprint density at radius 1 is 1.12 bits per heavy atom. The molecule has 4 nitrogen and oxygen atoms in total. The van der Waals surface area contributed by atoms with Gasteiger partial charge in [-0.3, -0.25) is 9.59 Å². The molecule has 1 N–H and O–H groups in total. The molecule has 0 spiro atoms. The van der Waals surface area contributed by atoms with Crippen LogP contribution in [0.25, 0.3) is 0 Å². The van der Waals surface area contributed by atoms with Crippen molar-refractivity contribution in [1.29, 1.82) is 0 Å². The SMILES string of the molecule is C[C@H](NC(=O)COC(=O)Cc1c(F)cccc1Cl)c1ccccc1Cl. The Morgan fingerprint density at radius 2 is 1.80 bits per heavy atom. The van der Waals surface area contributed by atoms with Gasteiger partial charge in [-0.2, -0.15) is 0 Å². The highest BCUT2D eigenvalue weighted by Gasteiger charge is 2.16. The number of hydrogen-bond donors (Lipinski definition) is 1. The lowest BCUT2D eigenvalue weighted by atomic mass is 10.1. The molecule has 0 saturated carbocycles. The van der Waals surface area contributed by atoms with Crippen LogP contribution in [0.1, 0.15) is 24.1 Å². The van der Waals surface area contributed by atoms with Crippen LogP contribution < -0.4 is 5.32 Å². The van der Waals surface area contributed by atoms with Crippen LogP contribution in [-0.4, -0.2) is 18.5 Å². The molecule has 25 heavy (non-hydrogen) atoms. The molecule has 132 valence electrons. The van der Waals surface area contributed by atoms with Crippen molar-refractivity contribution in [3.63, 3.8) is 0 Å². The standard InChI is InChI=1S/C18H16Cl2FNO3/c1-11(12-5-2-3-6-14(12)19)22-17(23)10-25-18(24)9-13-15(20)7-4-8-16(13)21/h2-8,11H,9-10H2,1H3,(H,22,23)/t11-/m0/s1. The summed E-state index contributed by atoms with van der Waals surface area (Å²) in [7, 11) is 0. The summed E-state index contributed by atoms with van der Waals surface area (Å²) < 4.78 is 18.5. The number of benzene rings is 2. The normalized spacial score (nSPS) is 11.7. The third kappa shape index (κ3) is 5.44. The van der Waals surface area contributed by atoms with E-state index in [1.54, 1.807) is 25.1 Å². The van der Waals surface area contributed by atoms with Gasteiger partial charge in [-0.05, 0) is 30.7 Å². The van der Waals surface area contributed by atoms with E-state index in [0.29, 0.717) is 5.02 Å². The first-order valence-electron chi connectivity index (χ1n) is 7.50. The second-order valence-electron chi connectivity index (χ2n) is 5.35. The number of rotatable bonds is 6. The van der Waals surface area contributed by atoms with Gasteiger partial charge in [0, 0.05) is 15.6 Å². The van der Waals surface area contributed by atoms with Crippen molar-refractivity contribution < 1.29 is 18.7 Å². The zero-order valence-electron chi connectivity index (χ0n) is 13.4. The quantitative estimate of drug-likeness (QED) is 0.764. The Labute approximate surface area is 154 Å². The van der Waals surface area contributed by atoms with Crippen LogP contribution in [0.15, 0.2) is 42.5 Å². The molecule has 0 heterocycles. The van der Waals surface area contributed by atoms with Gasteiger partial charge in [-0.25, -0.2) is 4.39 Å². The van der Waals surface area contributed by atoms with Gasteiger partial charge in [0.15, 0.2) is 6.61 Å². The maximum atomic E-state index is 13.6. The maximum absolute atomic E-state index is 13.6. The fourth-order valence-electron chi connectivity index (χ4n) is 2.23. The van der Waals surface area contributed by atoms with Crippen molar-refractivity contribution in [3.8, 4) is 0 Å². The monoisotopic (exact) mass is 383 g/mol. The summed E-state index contributed by atoms with van der Waals surface area (Å²) >= 11 is 11.9. The first-order valence-corrected chi connectivity index (χ1v) is 8.26. The fourth-order valence-corrected chi connectivity index (χ4v) is 2.76. The molecule has 0 radical (unpaired) electrons. The lowest BCUT2D eigenvalue weighted by molar-refractivity contribution is -0.148. The largest absolute Gasteiger partial charge is 0.455 e. The number of halogens is 3. The molecule has 2 aromatic rings. The Bertz CT molecular complexity index is 762. The van der Waals surface area contributed by atoms with E-state index < -0.39 is 24.3 Å². The van der Waals surface area contributed by atoms with Crippen molar-refractivity contribution in [2.75, 3.05) is 6.61 Å². The van der Waals surface area contributed by atoms with Crippen LogP contribution in [0.4, 0.5) is 4.39 Å². The van der Waals surface area contributed by atoms with Gasteiger partial charge in [0.2, 0.25) is 0 Å². The number of esters is 1. The third-order valence-corrected chi connectivity index (χ3v) is 4.19. The van der Waals surface area contributed by atoms with E-state index in [2.05, 4.69) is 5.32 Å². The zero-order chi connectivity index (χ0) is 18.4. The molecule has 2 rings (SSSR count). The van der Waals surface area contributed by atoms with E-state index in [9.17, 15) is 14.0 Å². The molecule has 0 fully saturated rings. The summed E-state index contributed by atoms with van der Waals surface area (Å²) in [5.41, 5.74) is 0.793. The Hall–Kier alpha value is -2.11. The highest BCUT2D eigenvalue weighted by molar-refractivity contribution is 6.31. The number of ether oxygens (including phenoxy) is 1. The van der Waals surface area contributed by atoms with Gasteiger partial charge >= 0.3 is 5.97 Å².